The molecular formula is C14H21NO2S. The summed E-state index contributed by atoms with van der Waals surface area (Å²) in [5.74, 6) is -0.888. The van der Waals surface area contributed by atoms with Crippen molar-refractivity contribution in [3.05, 3.63) is 29.8 Å². The molecule has 0 amide bonds. The molecule has 0 aliphatic rings. The van der Waals surface area contributed by atoms with E-state index in [1.54, 1.807) is 12.1 Å². The third kappa shape index (κ3) is 3.42. The molecule has 18 heavy (non-hydrogen) atoms. The number of hydrogen-bond acceptors (Lipinski definition) is 3. The van der Waals surface area contributed by atoms with Crippen LogP contribution in [0.3, 0.4) is 0 Å². The van der Waals surface area contributed by atoms with Gasteiger partial charge in [-0.1, -0.05) is 26.0 Å². The molecule has 0 unspecified atom stereocenters. The maximum absolute atomic E-state index is 11.1. The number of benzene rings is 1. The summed E-state index contributed by atoms with van der Waals surface area (Å²) in [6.45, 7) is 5.13. The number of para-hydroxylation sites is 1. The van der Waals surface area contributed by atoms with Gasteiger partial charge in [0.05, 0.1) is 5.56 Å². The molecule has 0 heterocycles. The highest BCUT2D eigenvalue weighted by Crippen LogP contribution is 2.31. The first-order valence-corrected chi connectivity index (χ1v) is 7.42. The molecule has 0 atom stereocenters. The molecule has 0 radical (unpaired) electrons. The van der Waals surface area contributed by atoms with E-state index < -0.39 is 5.97 Å². The van der Waals surface area contributed by atoms with Crippen LogP contribution >= 0.6 is 11.8 Å². The minimum atomic E-state index is -0.888. The molecular weight excluding hydrogens is 246 g/mol. The molecule has 0 fully saturated rings. The second-order valence-corrected chi connectivity index (χ2v) is 5.57. The van der Waals surface area contributed by atoms with Crippen LogP contribution in [0.15, 0.2) is 24.3 Å². The van der Waals surface area contributed by atoms with E-state index in [0.717, 1.165) is 19.4 Å². The SMILES string of the molecule is CCC(CC)(CNc1ccccc1C(=O)O)SC. The lowest BCUT2D eigenvalue weighted by molar-refractivity contribution is 0.0698. The van der Waals surface area contributed by atoms with Crippen molar-refractivity contribution in [3.8, 4) is 0 Å². The van der Waals surface area contributed by atoms with Gasteiger partial charge in [0.15, 0.2) is 0 Å². The molecule has 4 heteroatoms. The molecule has 0 saturated carbocycles. The summed E-state index contributed by atoms with van der Waals surface area (Å²) in [7, 11) is 0. The second-order valence-electron chi connectivity index (χ2n) is 4.30. The first kappa shape index (κ1) is 14.9. The van der Waals surface area contributed by atoms with Crippen molar-refractivity contribution in [1.29, 1.82) is 0 Å². The lowest BCUT2D eigenvalue weighted by Gasteiger charge is -2.30. The van der Waals surface area contributed by atoms with E-state index in [2.05, 4.69) is 25.4 Å². The van der Waals surface area contributed by atoms with E-state index in [4.69, 9.17) is 5.11 Å². The fourth-order valence-corrected chi connectivity index (χ4v) is 2.73. The van der Waals surface area contributed by atoms with E-state index in [1.807, 2.05) is 23.9 Å². The fourth-order valence-electron chi connectivity index (χ4n) is 1.94. The molecule has 1 rings (SSSR count). The monoisotopic (exact) mass is 267 g/mol. The van der Waals surface area contributed by atoms with Gasteiger partial charge in [0.1, 0.15) is 0 Å². The Bertz CT molecular complexity index is 394. The standard InChI is InChI=1S/C14H21NO2S/c1-4-14(5-2,18-3)10-15-12-9-7-6-8-11(12)13(16)17/h6-9,15H,4-5,10H2,1-3H3,(H,16,17). The first-order chi connectivity index (χ1) is 8.58. The molecule has 0 bridgehead atoms. The summed E-state index contributed by atoms with van der Waals surface area (Å²) in [4.78, 5) is 11.1. The lowest BCUT2D eigenvalue weighted by Crippen LogP contribution is -2.32. The van der Waals surface area contributed by atoms with Crippen molar-refractivity contribution >= 4 is 23.4 Å². The van der Waals surface area contributed by atoms with E-state index in [1.165, 1.54) is 0 Å². The average Bonchev–Trinajstić information content (AvgIpc) is 2.41. The molecule has 0 saturated heterocycles. The van der Waals surface area contributed by atoms with Crippen molar-refractivity contribution in [2.75, 3.05) is 18.1 Å². The van der Waals surface area contributed by atoms with E-state index >= 15 is 0 Å². The Morgan fingerprint density at radius 2 is 1.94 bits per heavy atom. The zero-order valence-electron chi connectivity index (χ0n) is 11.2. The van der Waals surface area contributed by atoms with Crippen LogP contribution in [0, 0.1) is 0 Å². The first-order valence-electron chi connectivity index (χ1n) is 6.20. The molecule has 0 spiro atoms. The van der Waals surface area contributed by atoms with Gasteiger partial charge in [-0.15, -0.1) is 0 Å². The maximum atomic E-state index is 11.1. The van der Waals surface area contributed by atoms with Crippen molar-refractivity contribution in [2.24, 2.45) is 0 Å². The number of nitrogens with one attached hydrogen (secondary N) is 1. The van der Waals surface area contributed by atoms with Crippen LogP contribution in [0.2, 0.25) is 0 Å². The molecule has 0 aliphatic heterocycles. The van der Waals surface area contributed by atoms with Gasteiger partial charge in [0, 0.05) is 17.0 Å². The summed E-state index contributed by atoms with van der Waals surface area (Å²) < 4.78 is 0.172. The number of carbonyl (C=O) groups is 1. The lowest BCUT2D eigenvalue weighted by atomic mass is 10.0. The summed E-state index contributed by atoms with van der Waals surface area (Å²) in [6, 6.07) is 7.05. The topological polar surface area (TPSA) is 49.3 Å². The van der Waals surface area contributed by atoms with Gasteiger partial charge < -0.3 is 10.4 Å². The van der Waals surface area contributed by atoms with Crippen LogP contribution < -0.4 is 5.32 Å². The Morgan fingerprint density at radius 3 is 2.44 bits per heavy atom. The van der Waals surface area contributed by atoms with E-state index in [-0.39, 0.29) is 4.75 Å². The van der Waals surface area contributed by atoms with Gasteiger partial charge in [-0.05, 0) is 31.2 Å². The third-order valence-corrected chi connectivity index (χ3v) is 5.07. The number of aromatic carboxylic acids is 1. The van der Waals surface area contributed by atoms with Gasteiger partial charge in [0.25, 0.3) is 0 Å². The predicted molar refractivity (Wildman–Crippen MR) is 78.7 cm³/mol. The molecule has 100 valence electrons. The zero-order valence-corrected chi connectivity index (χ0v) is 12.0. The number of anilines is 1. The third-order valence-electron chi connectivity index (χ3n) is 3.48. The van der Waals surface area contributed by atoms with Gasteiger partial charge in [-0.3, -0.25) is 0 Å². The normalized spacial score (nSPS) is 11.3. The number of hydrogen-bond donors (Lipinski definition) is 2. The molecule has 2 N–H and O–H groups in total. The summed E-state index contributed by atoms with van der Waals surface area (Å²) in [6.07, 6.45) is 4.23. The van der Waals surface area contributed by atoms with Crippen molar-refractivity contribution < 1.29 is 9.90 Å². The Hall–Kier alpha value is -1.16. The highest BCUT2D eigenvalue weighted by atomic mass is 32.2. The molecule has 1 aromatic carbocycles. The molecule has 3 nitrogen and oxygen atoms in total. The minimum Gasteiger partial charge on any atom is -0.478 e. The summed E-state index contributed by atoms with van der Waals surface area (Å²) in [5.41, 5.74) is 1.03. The Labute approximate surface area is 113 Å². The predicted octanol–water partition coefficient (Wildman–Crippen LogP) is 3.72. The Kier molecular flexibility index (Phi) is 5.54. The van der Waals surface area contributed by atoms with Crippen LogP contribution in [0.1, 0.15) is 37.0 Å². The van der Waals surface area contributed by atoms with Crippen LogP contribution in [0.25, 0.3) is 0 Å². The van der Waals surface area contributed by atoms with Crippen molar-refractivity contribution in [1.82, 2.24) is 0 Å². The number of carboxylic acid groups (broad SMARTS) is 1. The van der Waals surface area contributed by atoms with Gasteiger partial charge in [-0.25, -0.2) is 4.79 Å². The molecule has 1 aromatic rings. The highest BCUT2D eigenvalue weighted by molar-refractivity contribution is 8.00. The van der Waals surface area contributed by atoms with Crippen LogP contribution in [-0.4, -0.2) is 28.6 Å². The highest BCUT2D eigenvalue weighted by Gasteiger charge is 2.25. The van der Waals surface area contributed by atoms with Gasteiger partial charge in [-0.2, -0.15) is 11.8 Å². The van der Waals surface area contributed by atoms with Crippen LogP contribution in [0.4, 0.5) is 5.69 Å². The number of thioether (sulfide) groups is 1. The zero-order chi connectivity index (χ0) is 13.6. The number of carboxylic acids is 1. The van der Waals surface area contributed by atoms with Crippen LogP contribution in [-0.2, 0) is 0 Å². The van der Waals surface area contributed by atoms with Crippen LogP contribution in [0.5, 0.6) is 0 Å². The maximum Gasteiger partial charge on any atom is 0.337 e. The number of rotatable bonds is 7. The average molecular weight is 267 g/mol. The van der Waals surface area contributed by atoms with Crippen molar-refractivity contribution in [2.45, 2.75) is 31.4 Å². The molecule has 0 aliphatic carbocycles. The fraction of sp³-hybridized carbons (Fsp3) is 0.500. The van der Waals surface area contributed by atoms with E-state index in [9.17, 15) is 4.79 Å². The van der Waals surface area contributed by atoms with Gasteiger partial charge >= 0.3 is 5.97 Å². The largest absolute Gasteiger partial charge is 0.478 e. The quantitative estimate of drug-likeness (QED) is 0.790. The van der Waals surface area contributed by atoms with Gasteiger partial charge in [0.2, 0.25) is 0 Å². The minimum absolute atomic E-state index is 0.172. The Morgan fingerprint density at radius 1 is 1.33 bits per heavy atom. The molecule has 0 aromatic heterocycles. The van der Waals surface area contributed by atoms with E-state index in [0.29, 0.717) is 11.3 Å². The summed E-state index contributed by atoms with van der Waals surface area (Å²) >= 11 is 1.84. The summed E-state index contributed by atoms with van der Waals surface area (Å²) in [5, 5.41) is 12.4. The Balaban J connectivity index is 2.83. The smallest absolute Gasteiger partial charge is 0.337 e. The second kappa shape index (κ2) is 6.69. The van der Waals surface area contributed by atoms with Crippen molar-refractivity contribution in [3.63, 3.8) is 0 Å².